The first-order valence-electron chi connectivity index (χ1n) is 12.4. The summed E-state index contributed by atoms with van der Waals surface area (Å²) in [5, 5.41) is 9.33. The number of hydrogen-bond donors (Lipinski definition) is 2. The Labute approximate surface area is 189 Å². The SMILES string of the molecule is Cc1nn(C2CCCCC2)c2sc(C(=O)N[C@H]3CC[C@@H](N4CCC(N)CC4)CC3)cc12. The molecule has 31 heavy (non-hydrogen) atoms. The van der Waals surface area contributed by atoms with Crippen LogP contribution in [0.1, 0.15) is 92.0 Å². The van der Waals surface area contributed by atoms with Crippen LogP contribution in [0.5, 0.6) is 0 Å². The molecule has 1 saturated heterocycles. The van der Waals surface area contributed by atoms with Gasteiger partial charge in [0.15, 0.2) is 0 Å². The molecular weight excluding hydrogens is 406 g/mol. The lowest BCUT2D eigenvalue weighted by molar-refractivity contribution is 0.0883. The van der Waals surface area contributed by atoms with E-state index in [9.17, 15) is 4.79 Å². The lowest BCUT2D eigenvalue weighted by atomic mass is 9.88. The Morgan fingerprint density at radius 2 is 1.74 bits per heavy atom. The van der Waals surface area contributed by atoms with Crippen LogP contribution < -0.4 is 11.1 Å². The highest BCUT2D eigenvalue weighted by Crippen LogP contribution is 2.35. The van der Waals surface area contributed by atoms with Gasteiger partial charge in [-0.2, -0.15) is 5.10 Å². The number of carbonyl (C=O) groups is 1. The molecule has 0 atom stereocenters. The number of aryl methyl sites for hydroxylation is 1. The summed E-state index contributed by atoms with van der Waals surface area (Å²) in [6.07, 6.45) is 13.1. The predicted molar refractivity (Wildman–Crippen MR) is 127 cm³/mol. The van der Waals surface area contributed by atoms with Gasteiger partial charge in [-0.05, 0) is 77.4 Å². The lowest BCUT2D eigenvalue weighted by Crippen LogP contribution is -2.48. The number of nitrogens with zero attached hydrogens (tertiary/aromatic N) is 3. The summed E-state index contributed by atoms with van der Waals surface area (Å²) in [5.74, 6) is 0.100. The Morgan fingerprint density at radius 3 is 2.45 bits per heavy atom. The molecule has 1 aliphatic heterocycles. The standard InChI is InChI=1S/C24H37N5OS/c1-16-21-15-22(31-24(21)29(27-16)20-5-3-2-4-6-20)23(30)26-18-7-9-19(10-8-18)28-13-11-17(25)12-14-28/h15,17-20H,2-14,25H2,1H3,(H,26,30)/t18-,19+. The number of nitrogens with one attached hydrogen (secondary N) is 1. The molecule has 0 bridgehead atoms. The van der Waals surface area contributed by atoms with E-state index in [1.165, 1.54) is 49.8 Å². The van der Waals surface area contributed by atoms with Crippen LogP contribution in [0.2, 0.25) is 0 Å². The van der Waals surface area contributed by atoms with Crippen molar-refractivity contribution in [3.8, 4) is 0 Å². The zero-order valence-electron chi connectivity index (χ0n) is 18.8. The van der Waals surface area contributed by atoms with E-state index in [4.69, 9.17) is 10.8 Å². The third-order valence-corrected chi connectivity index (χ3v) is 8.96. The molecule has 1 amide bonds. The molecule has 3 aliphatic rings. The van der Waals surface area contributed by atoms with Crippen LogP contribution in [-0.4, -0.2) is 51.8 Å². The third kappa shape index (κ3) is 4.55. The average molecular weight is 444 g/mol. The molecule has 2 saturated carbocycles. The summed E-state index contributed by atoms with van der Waals surface area (Å²) in [4.78, 5) is 17.7. The monoisotopic (exact) mass is 443 g/mol. The molecule has 7 heteroatoms. The molecular formula is C24H37N5OS. The molecule has 3 heterocycles. The normalized spacial score (nSPS) is 27.0. The van der Waals surface area contributed by atoms with Crippen molar-refractivity contribution in [1.29, 1.82) is 0 Å². The van der Waals surface area contributed by atoms with Crippen LogP contribution in [0.3, 0.4) is 0 Å². The van der Waals surface area contributed by atoms with E-state index < -0.39 is 0 Å². The number of fused-ring (bicyclic) bond motifs is 1. The van der Waals surface area contributed by atoms with E-state index in [0.29, 0.717) is 24.2 Å². The maximum Gasteiger partial charge on any atom is 0.261 e. The minimum absolute atomic E-state index is 0.100. The number of nitrogens with two attached hydrogens (primary N) is 1. The summed E-state index contributed by atoms with van der Waals surface area (Å²) < 4.78 is 2.22. The van der Waals surface area contributed by atoms with E-state index >= 15 is 0 Å². The Morgan fingerprint density at radius 1 is 1.03 bits per heavy atom. The number of aromatic nitrogens is 2. The first-order chi connectivity index (χ1) is 15.1. The molecule has 2 aromatic rings. The van der Waals surface area contributed by atoms with Gasteiger partial charge in [-0.15, -0.1) is 11.3 Å². The second-order valence-electron chi connectivity index (χ2n) is 10.0. The van der Waals surface area contributed by atoms with Crippen molar-refractivity contribution in [2.75, 3.05) is 13.1 Å². The van der Waals surface area contributed by atoms with Crippen LogP contribution in [0, 0.1) is 6.92 Å². The van der Waals surface area contributed by atoms with Crippen molar-refractivity contribution >= 4 is 27.5 Å². The molecule has 2 aromatic heterocycles. The van der Waals surface area contributed by atoms with Gasteiger partial charge in [-0.3, -0.25) is 9.48 Å². The first kappa shape index (κ1) is 21.4. The van der Waals surface area contributed by atoms with Crippen LogP contribution >= 0.6 is 11.3 Å². The van der Waals surface area contributed by atoms with Gasteiger partial charge >= 0.3 is 0 Å². The summed E-state index contributed by atoms with van der Waals surface area (Å²) in [6.45, 7) is 4.36. The van der Waals surface area contributed by atoms with Crippen molar-refractivity contribution < 1.29 is 4.79 Å². The van der Waals surface area contributed by atoms with E-state index in [1.54, 1.807) is 11.3 Å². The van der Waals surface area contributed by atoms with Crippen LogP contribution in [0.25, 0.3) is 10.2 Å². The largest absolute Gasteiger partial charge is 0.349 e. The van der Waals surface area contributed by atoms with Gasteiger partial charge in [0, 0.05) is 23.5 Å². The van der Waals surface area contributed by atoms with E-state index in [2.05, 4.69) is 27.9 Å². The van der Waals surface area contributed by atoms with Crippen molar-refractivity contribution in [3.63, 3.8) is 0 Å². The number of rotatable bonds is 4. The summed E-state index contributed by atoms with van der Waals surface area (Å²) in [5.41, 5.74) is 7.11. The number of amides is 1. The number of piperidine rings is 1. The molecule has 0 aromatic carbocycles. The number of carbonyl (C=O) groups excluding carboxylic acids is 1. The Bertz CT molecular complexity index is 899. The second kappa shape index (κ2) is 9.20. The minimum atomic E-state index is 0.100. The Kier molecular flexibility index (Phi) is 6.35. The molecule has 6 nitrogen and oxygen atoms in total. The summed E-state index contributed by atoms with van der Waals surface area (Å²) in [7, 11) is 0. The van der Waals surface area contributed by atoms with Gasteiger partial charge in [-0.25, -0.2) is 0 Å². The average Bonchev–Trinajstić information content (AvgIpc) is 3.36. The number of thiophene rings is 1. The predicted octanol–water partition coefficient (Wildman–Crippen LogP) is 4.38. The second-order valence-corrected chi connectivity index (χ2v) is 11.0. The zero-order chi connectivity index (χ0) is 21.4. The third-order valence-electron chi connectivity index (χ3n) is 7.83. The van der Waals surface area contributed by atoms with E-state index in [1.807, 2.05) is 0 Å². The van der Waals surface area contributed by atoms with Crippen molar-refractivity contribution in [2.24, 2.45) is 5.73 Å². The lowest BCUT2D eigenvalue weighted by Gasteiger charge is -2.40. The molecule has 0 unspecified atom stereocenters. The van der Waals surface area contributed by atoms with Crippen molar-refractivity contribution in [3.05, 3.63) is 16.6 Å². The highest BCUT2D eigenvalue weighted by Gasteiger charge is 2.29. The highest BCUT2D eigenvalue weighted by atomic mass is 32.1. The van der Waals surface area contributed by atoms with Gasteiger partial charge in [-0.1, -0.05) is 19.3 Å². The van der Waals surface area contributed by atoms with E-state index in [0.717, 1.165) is 54.7 Å². The Balaban J connectivity index is 1.20. The topological polar surface area (TPSA) is 76.2 Å². The smallest absolute Gasteiger partial charge is 0.261 e. The molecule has 3 fully saturated rings. The van der Waals surface area contributed by atoms with Gasteiger partial charge < -0.3 is 16.0 Å². The van der Waals surface area contributed by atoms with E-state index in [-0.39, 0.29) is 5.91 Å². The zero-order valence-corrected chi connectivity index (χ0v) is 19.6. The minimum Gasteiger partial charge on any atom is -0.349 e. The molecule has 5 rings (SSSR count). The summed E-state index contributed by atoms with van der Waals surface area (Å²) in [6, 6.07) is 3.94. The van der Waals surface area contributed by atoms with Gasteiger partial charge in [0.05, 0.1) is 16.6 Å². The Hall–Kier alpha value is -1.44. The summed E-state index contributed by atoms with van der Waals surface area (Å²) >= 11 is 1.63. The maximum atomic E-state index is 13.0. The quantitative estimate of drug-likeness (QED) is 0.735. The van der Waals surface area contributed by atoms with Crippen LogP contribution in [0.15, 0.2) is 6.07 Å². The van der Waals surface area contributed by atoms with Gasteiger partial charge in [0.2, 0.25) is 0 Å². The van der Waals surface area contributed by atoms with Gasteiger partial charge in [0.25, 0.3) is 5.91 Å². The van der Waals surface area contributed by atoms with Crippen LogP contribution in [0.4, 0.5) is 0 Å². The molecule has 2 aliphatic carbocycles. The van der Waals surface area contributed by atoms with Crippen molar-refractivity contribution in [2.45, 2.75) is 102 Å². The number of hydrogen-bond acceptors (Lipinski definition) is 5. The van der Waals surface area contributed by atoms with Crippen LogP contribution in [-0.2, 0) is 0 Å². The maximum absolute atomic E-state index is 13.0. The number of likely N-dealkylation sites (tertiary alicyclic amines) is 1. The first-order valence-corrected chi connectivity index (χ1v) is 13.2. The fraction of sp³-hybridized carbons (Fsp3) is 0.750. The fourth-order valence-corrected chi connectivity index (χ4v) is 7.02. The van der Waals surface area contributed by atoms with Crippen molar-refractivity contribution in [1.82, 2.24) is 20.0 Å². The molecule has 0 spiro atoms. The fourth-order valence-electron chi connectivity index (χ4n) is 5.88. The molecule has 170 valence electrons. The van der Waals surface area contributed by atoms with Gasteiger partial charge in [0.1, 0.15) is 4.83 Å². The molecule has 3 N–H and O–H groups in total. The molecule has 0 radical (unpaired) electrons. The highest BCUT2D eigenvalue weighted by molar-refractivity contribution is 7.20.